The summed E-state index contributed by atoms with van der Waals surface area (Å²) in [4.78, 5) is 12.5. The molecule has 0 bridgehead atoms. The van der Waals surface area contributed by atoms with Gasteiger partial charge in [0.15, 0.2) is 0 Å². The second kappa shape index (κ2) is 3.33. The van der Waals surface area contributed by atoms with Crippen LogP contribution in [0.3, 0.4) is 0 Å². The molecule has 2 aromatic carbocycles. The molecule has 1 aliphatic heterocycles. The average Bonchev–Trinajstić information content (AvgIpc) is 2.87. The molecule has 0 saturated carbocycles. The Morgan fingerprint density at radius 1 is 1.00 bits per heavy atom. The minimum atomic E-state index is 0.0579. The smallest absolute Gasteiger partial charge is 0.263 e. The standard InChI is InChI=1S/C15H8BrNO/c16-11-6-3-5-10-14(11)13-8-9-4-1-2-7-12(9)17(13)15(10)18/h1-8H. The second-order valence-corrected chi connectivity index (χ2v) is 5.25. The van der Waals surface area contributed by atoms with Gasteiger partial charge in [-0.3, -0.25) is 9.36 Å². The Balaban J connectivity index is 2.20. The van der Waals surface area contributed by atoms with Crippen LogP contribution in [0.15, 0.2) is 53.0 Å². The van der Waals surface area contributed by atoms with E-state index < -0.39 is 0 Å². The Bertz CT molecular complexity index is 816. The van der Waals surface area contributed by atoms with Crippen molar-refractivity contribution >= 4 is 32.7 Å². The second-order valence-electron chi connectivity index (χ2n) is 4.39. The van der Waals surface area contributed by atoms with Crippen LogP contribution in [-0.4, -0.2) is 10.5 Å². The van der Waals surface area contributed by atoms with Gasteiger partial charge in [-0.05, 0) is 24.3 Å². The first kappa shape index (κ1) is 10.1. The molecule has 2 heterocycles. The van der Waals surface area contributed by atoms with Gasteiger partial charge in [0.1, 0.15) is 0 Å². The summed E-state index contributed by atoms with van der Waals surface area (Å²) < 4.78 is 2.76. The molecular weight excluding hydrogens is 290 g/mol. The largest absolute Gasteiger partial charge is 0.276 e. The van der Waals surface area contributed by atoms with Crippen molar-refractivity contribution in [1.29, 1.82) is 0 Å². The molecule has 0 unspecified atom stereocenters. The summed E-state index contributed by atoms with van der Waals surface area (Å²) in [6, 6.07) is 15.8. The van der Waals surface area contributed by atoms with Crippen LogP contribution in [0.2, 0.25) is 0 Å². The van der Waals surface area contributed by atoms with E-state index >= 15 is 0 Å². The molecule has 1 aromatic heterocycles. The van der Waals surface area contributed by atoms with Crippen molar-refractivity contribution in [3.8, 4) is 11.3 Å². The van der Waals surface area contributed by atoms with Crippen molar-refractivity contribution < 1.29 is 4.79 Å². The third-order valence-electron chi connectivity index (χ3n) is 3.41. The zero-order valence-corrected chi connectivity index (χ0v) is 10.9. The highest BCUT2D eigenvalue weighted by Crippen LogP contribution is 2.40. The van der Waals surface area contributed by atoms with Crippen LogP contribution in [0.5, 0.6) is 0 Å². The summed E-state index contributed by atoms with van der Waals surface area (Å²) in [6.45, 7) is 0. The van der Waals surface area contributed by atoms with E-state index in [2.05, 4.69) is 22.0 Å². The van der Waals surface area contributed by atoms with Gasteiger partial charge in [-0.15, -0.1) is 0 Å². The monoisotopic (exact) mass is 297 g/mol. The number of carbonyl (C=O) groups excluding carboxylic acids is 1. The molecule has 0 amide bonds. The van der Waals surface area contributed by atoms with Gasteiger partial charge in [0.2, 0.25) is 0 Å². The molecule has 18 heavy (non-hydrogen) atoms. The van der Waals surface area contributed by atoms with E-state index in [9.17, 15) is 4.79 Å². The highest BCUT2D eigenvalue weighted by Gasteiger charge is 2.29. The lowest BCUT2D eigenvalue weighted by molar-refractivity contribution is 0.0973. The molecule has 0 radical (unpaired) electrons. The van der Waals surface area contributed by atoms with Crippen LogP contribution in [0.25, 0.3) is 22.2 Å². The molecule has 4 rings (SSSR count). The minimum absolute atomic E-state index is 0.0579. The molecular formula is C15H8BrNO. The summed E-state index contributed by atoms with van der Waals surface area (Å²) >= 11 is 3.54. The summed E-state index contributed by atoms with van der Waals surface area (Å²) in [6.07, 6.45) is 0. The van der Waals surface area contributed by atoms with Crippen molar-refractivity contribution in [3.63, 3.8) is 0 Å². The lowest BCUT2D eigenvalue weighted by Gasteiger charge is -1.99. The molecule has 0 atom stereocenters. The van der Waals surface area contributed by atoms with Crippen LogP contribution in [0, 0.1) is 0 Å². The lowest BCUT2D eigenvalue weighted by atomic mass is 10.1. The number of carbonyl (C=O) groups is 1. The van der Waals surface area contributed by atoms with E-state index in [1.54, 1.807) is 4.57 Å². The SMILES string of the molecule is O=C1c2cccc(Br)c2-c2cc3ccccc3n21. The number of para-hydroxylation sites is 1. The number of hydrogen-bond donors (Lipinski definition) is 0. The fourth-order valence-corrected chi connectivity index (χ4v) is 3.21. The first-order valence-corrected chi connectivity index (χ1v) is 6.51. The predicted molar refractivity (Wildman–Crippen MR) is 74.8 cm³/mol. The average molecular weight is 298 g/mol. The number of hydrogen-bond acceptors (Lipinski definition) is 1. The third-order valence-corrected chi connectivity index (χ3v) is 4.07. The first-order chi connectivity index (χ1) is 8.77. The Morgan fingerprint density at radius 2 is 1.83 bits per heavy atom. The van der Waals surface area contributed by atoms with E-state index in [0.29, 0.717) is 0 Å². The number of rotatable bonds is 0. The van der Waals surface area contributed by atoms with Crippen LogP contribution in [-0.2, 0) is 0 Å². The Kier molecular flexibility index (Phi) is 1.87. The number of benzene rings is 2. The van der Waals surface area contributed by atoms with Crippen LogP contribution < -0.4 is 0 Å². The molecule has 86 valence electrons. The molecule has 0 fully saturated rings. The van der Waals surface area contributed by atoms with Crippen molar-refractivity contribution in [3.05, 3.63) is 58.6 Å². The van der Waals surface area contributed by atoms with Crippen LogP contribution >= 0.6 is 15.9 Å². The quantitative estimate of drug-likeness (QED) is 0.479. The highest BCUT2D eigenvalue weighted by molar-refractivity contribution is 9.10. The van der Waals surface area contributed by atoms with Crippen molar-refractivity contribution in [2.24, 2.45) is 0 Å². The lowest BCUT2D eigenvalue weighted by Crippen LogP contribution is -2.05. The molecule has 0 spiro atoms. The number of nitrogens with zero attached hydrogens (tertiary/aromatic N) is 1. The van der Waals surface area contributed by atoms with E-state index in [4.69, 9.17) is 0 Å². The maximum absolute atomic E-state index is 12.5. The minimum Gasteiger partial charge on any atom is -0.276 e. The molecule has 0 N–H and O–H groups in total. The van der Waals surface area contributed by atoms with Gasteiger partial charge in [0, 0.05) is 15.4 Å². The Morgan fingerprint density at radius 3 is 2.72 bits per heavy atom. The van der Waals surface area contributed by atoms with E-state index in [0.717, 1.165) is 32.2 Å². The highest BCUT2D eigenvalue weighted by atomic mass is 79.9. The van der Waals surface area contributed by atoms with Gasteiger partial charge >= 0.3 is 0 Å². The van der Waals surface area contributed by atoms with E-state index in [1.165, 1.54) is 0 Å². The Hall–Kier alpha value is -1.87. The van der Waals surface area contributed by atoms with E-state index in [-0.39, 0.29) is 5.91 Å². The first-order valence-electron chi connectivity index (χ1n) is 5.71. The maximum Gasteiger partial charge on any atom is 0.263 e. The van der Waals surface area contributed by atoms with Crippen LogP contribution in [0.1, 0.15) is 10.4 Å². The number of halogens is 1. The molecule has 3 aromatic rings. The molecule has 0 saturated heterocycles. The van der Waals surface area contributed by atoms with Crippen LogP contribution in [0.4, 0.5) is 0 Å². The summed E-state index contributed by atoms with van der Waals surface area (Å²) in [7, 11) is 0. The molecule has 3 heteroatoms. The fourth-order valence-electron chi connectivity index (χ4n) is 2.64. The zero-order valence-electron chi connectivity index (χ0n) is 9.35. The van der Waals surface area contributed by atoms with Gasteiger partial charge in [-0.1, -0.05) is 40.2 Å². The zero-order chi connectivity index (χ0) is 12.3. The van der Waals surface area contributed by atoms with Gasteiger partial charge in [0.05, 0.1) is 16.8 Å². The number of fused-ring (bicyclic) bond motifs is 5. The summed E-state index contributed by atoms with van der Waals surface area (Å²) in [5.74, 6) is 0.0579. The van der Waals surface area contributed by atoms with Crippen molar-refractivity contribution in [2.75, 3.05) is 0 Å². The molecule has 2 nitrogen and oxygen atoms in total. The maximum atomic E-state index is 12.5. The Labute approximate surface area is 112 Å². The molecule has 0 aliphatic carbocycles. The third kappa shape index (κ3) is 1.10. The topological polar surface area (TPSA) is 22.0 Å². The molecule has 1 aliphatic rings. The predicted octanol–water partition coefficient (Wildman–Crippen LogP) is 4.07. The van der Waals surface area contributed by atoms with Gasteiger partial charge in [-0.25, -0.2) is 0 Å². The normalized spacial score (nSPS) is 12.8. The fraction of sp³-hybridized carbons (Fsp3) is 0. The van der Waals surface area contributed by atoms with E-state index in [1.807, 2.05) is 42.5 Å². The van der Waals surface area contributed by atoms with Gasteiger partial charge < -0.3 is 0 Å². The summed E-state index contributed by atoms with van der Waals surface area (Å²) in [5, 5.41) is 1.10. The van der Waals surface area contributed by atoms with Gasteiger partial charge in [0.25, 0.3) is 5.91 Å². The van der Waals surface area contributed by atoms with Crippen molar-refractivity contribution in [2.45, 2.75) is 0 Å². The summed E-state index contributed by atoms with van der Waals surface area (Å²) in [5.41, 5.74) is 3.72. The van der Waals surface area contributed by atoms with Crippen molar-refractivity contribution in [1.82, 2.24) is 4.57 Å². The number of aromatic nitrogens is 1. The van der Waals surface area contributed by atoms with Gasteiger partial charge in [-0.2, -0.15) is 0 Å².